The molecule has 1 atom stereocenters. The molecule has 3 heteroatoms. The first-order valence-electron chi connectivity index (χ1n) is 3.16. The van der Waals surface area contributed by atoms with Crippen molar-refractivity contribution in [2.75, 3.05) is 0 Å². The van der Waals surface area contributed by atoms with Gasteiger partial charge in [-0.2, -0.15) is 0 Å². The number of allylic oxidation sites excluding steroid dienone is 1. The molecule has 1 unspecified atom stereocenters. The molecule has 0 aliphatic rings. The third-order valence-electron chi connectivity index (χ3n) is 1.28. The Morgan fingerprint density at radius 3 is 2.70 bits per heavy atom. The number of aryl methyl sites for hydroxylation is 1. The van der Waals surface area contributed by atoms with E-state index in [4.69, 9.17) is 0 Å². The van der Waals surface area contributed by atoms with Crippen LogP contribution in [-0.2, 0) is 0 Å². The van der Waals surface area contributed by atoms with Crippen LogP contribution in [0.2, 0.25) is 0 Å². The molecule has 1 aromatic rings. The summed E-state index contributed by atoms with van der Waals surface area (Å²) in [4.78, 5) is 0. The van der Waals surface area contributed by atoms with Gasteiger partial charge in [0, 0.05) is 5.92 Å². The topological polar surface area (TPSA) is 25.8 Å². The van der Waals surface area contributed by atoms with Crippen LogP contribution in [0, 0.1) is 6.92 Å². The number of nitrogens with zero attached hydrogens (tertiary/aromatic N) is 2. The van der Waals surface area contributed by atoms with Crippen LogP contribution in [0.1, 0.15) is 22.9 Å². The van der Waals surface area contributed by atoms with Gasteiger partial charge in [-0.1, -0.05) is 13.0 Å². The Kier molecular flexibility index (Phi) is 2.17. The van der Waals surface area contributed by atoms with Crippen LogP contribution in [-0.4, -0.2) is 10.2 Å². The molecule has 0 aromatic carbocycles. The number of rotatable bonds is 2. The summed E-state index contributed by atoms with van der Waals surface area (Å²) in [5.74, 6) is 0.339. The van der Waals surface area contributed by atoms with Crippen molar-refractivity contribution in [3.8, 4) is 0 Å². The summed E-state index contributed by atoms with van der Waals surface area (Å²) in [5.41, 5.74) is 0. The van der Waals surface area contributed by atoms with Crippen LogP contribution in [0.25, 0.3) is 0 Å². The van der Waals surface area contributed by atoms with Gasteiger partial charge in [0.25, 0.3) is 0 Å². The summed E-state index contributed by atoms with van der Waals surface area (Å²) in [6.07, 6.45) is 1.87. The number of hydrogen-bond acceptors (Lipinski definition) is 3. The minimum atomic E-state index is 0.339. The van der Waals surface area contributed by atoms with Crippen LogP contribution in [0.4, 0.5) is 0 Å². The van der Waals surface area contributed by atoms with Crippen molar-refractivity contribution in [3.63, 3.8) is 0 Å². The van der Waals surface area contributed by atoms with Gasteiger partial charge >= 0.3 is 0 Å². The lowest BCUT2D eigenvalue weighted by Gasteiger charge is -1.95. The Balaban J connectivity index is 2.84. The van der Waals surface area contributed by atoms with Crippen LogP contribution < -0.4 is 0 Å². The Labute approximate surface area is 64.6 Å². The van der Waals surface area contributed by atoms with Crippen molar-refractivity contribution in [3.05, 3.63) is 22.7 Å². The summed E-state index contributed by atoms with van der Waals surface area (Å²) in [6.45, 7) is 7.70. The fraction of sp³-hybridized carbons (Fsp3) is 0.429. The van der Waals surface area contributed by atoms with Gasteiger partial charge in [-0.25, -0.2) is 0 Å². The number of hydrogen-bond donors (Lipinski definition) is 0. The maximum absolute atomic E-state index is 3.98. The summed E-state index contributed by atoms with van der Waals surface area (Å²) in [7, 11) is 0. The highest BCUT2D eigenvalue weighted by Gasteiger charge is 2.05. The van der Waals surface area contributed by atoms with E-state index < -0.39 is 0 Å². The van der Waals surface area contributed by atoms with E-state index >= 15 is 0 Å². The SMILES string of the molecule is C=CC(C)c1nnc(C)s1. The first-order chi connectivity index (χ1) is 4.74. The Hall–Kier alpha value is -0.700. The molecule has 0 bridgehead atoms. The van der Waals surface area contributed by atoms with Crippen LogP contribution >= 0.6 is 11.3 Å². The average molecular weight is 154 g/mol. The Morgan fingerprint density at radius 2 is 2.30 bits per heavy atom. The predicted molar refractivity (Wildman–Crippen MR) is 43.3 cm³/mol. The third kappa shape index (κ3) is 1.42. The zero-order valence-electron chi connectivity index (χ0n) is 6.16. The molecule has 1 heterocycles. The standard InChI is InChI=1S/C7H10N2S/c1-4-5(2)7-9-8-6(3)10-7/h4-5H,1H2,2-3H3. The first kappa shape index (κ1) is 7.41. The minimum absolute atomic E-state index is 0.339. The highest BCUT2D eigenvalue weighted by Crippen LogP contribution is 2.19. The Morgan fingerprint density at radius 1 is 1.60 bits per heavy atom. The summed E-state index contributed by atoms with van der Waals surface area (Å²) < 4.78 is 0. The average Bonchev–Trinajstić information content (AvgIpc) is 2.34. The molecular weight excluding hydrogens is 144 g/mol. The van der Waals surface area contributed by atoms with Gasteiger partial charge < -0.3 is 0 Å². The van der Waals surface area contributed by atoms with E-state index in [1.165, 1.54) is 0 Å². The van der Waals surface area contributed by atoms with Crippen LogP contribution in [0.5, 0.6) is 0 Å². The highest BCUT2D eigenvalue weighted by molar-refractivity contribution is 7.11. The zero-order valence-corrected chi connectivity index (χ0v) is 6.98. The molecule has 0 saturated heterocycles. The lowest BCUT2D eigenvalue weighted by molar-refractivity contribution is 0.892. The molecule has 54 valence electrons. The molecule has 1 rings (SSSR count). The molecule has 0 fully saturated rings. The molecule has 0 aliphatic carbocycles. The molecule has 0 N–H and O–H groups in total. The predicted octanol–water partition coefficient (Wildman–Crippen LogP) is 2.14. The molecule has 0 saturated carbocycles. The maximum Gasteiger partial charge on any atom is 0.124 e. The lowest BCUT2D eigenvalue weighted by Crippen LogP contribution is -1.85. The highest BCUT2D eigenvalue weighted by atomic mass is 32.1. The van der Waals surface area contributed by atoms with Gasteiger partial charge in [-0.15, -0.1) is 28.1 Å². The smallest absolute Gasteiger partial charge is 0.124 e. The van der Waals surface area contributed by atoms with Crippen molar-refractivity contribution in [2.24, 2.45) is 0 Å². The van der Waals surface area contributed by atoms with E-state index in [1.54, 1.807) is 11.3 Å². The molecule has 0 aliphatic heterocycles. The van der Waals surface area contributed by atoms with E-state index in [9.17, 15) is 0 Å². The first-order valence-corrected chi connectivity index (χ1v) is 3.98. The van der Waals surface area contributed by atoms with Gasteiger partial charge in [-0.05, 0) is 6.92 Å². The molecule has 0 amide bonds. The second kappa shape index (κ2) is 2.92. The fourth-order valence-electron chi connectivity index (χ4n) is 0.597. The monoisotopic (exact) mass is 154 g/mol. The van der Waals surface area contributed by atoms with Crippen molar-refractivity contribution in [1.82, 2.24) is 10.2 Å². The van der Waals surface area contributed by atoms with Gasteiger partial charge in [0.05, 0.1) is 0 Å². The fourth-order valence-corrected chi connectivity index (χ4v) is 1.34. The van der Waals surface area contributed by atoms with Crippen molar-refractivity contribution in [2.45, 2.75) is 19.8 Å². The van der Waals surface area contributed by atoms with Gasteiger partial charge in [-0.3, -0.25) is 0 Å². The second-order valence-electron chi connectivity index (χ2n) is 2.18. The molecule has 2 nitrogen and oxygen atoms in total. The second-order valence-corrected chi connectivity index (χ2v) is 3.40. The molecular formula is C7H10N2S. The van der Waals surface area contributed by atoms with Crippen LogP contribution in [0.15, 0.2) is 12.7 Å². The third-order valence-corrected chi connectivity index (χ3v) is 2.32. The van der Waals surface area contributed by atoms with Crippen molar-refractivity contribution < 1.29 is 0 Å². The van der Waals surface area contributed by atoms with Crippen molar-refractivity contribution >= 4 is 11.3 Å². The largest absolute Gasteiger partial charge is 0.144 e. The molecule has 10 heavy (non-hydrogen) atoms. The summed E-state index contributed by atoms with van der Waals surface area (Å²) in [5, 5.41) is 9.96. The van der Waals surface area contributed by atoms with Gasteiger partial charge in [0.1, 0.15) is 10.0 Å². The minimum Gasteiger partial charge on any atom is -0.144 e. The van der Waals surface area contributed by atoms with Crippen LogP contribution in [0.3, 0.4) is 0 Å². The van der Waals surface area contributed by atoms with Crippen molar-refractivity contribution in [1.29, 1.82) is 0 Å². The molecule has 1 aromatic heterocycles. The van der Waals surface area contributed by atoms with Gasteiger partial charge in [0.2, 0.25) is 0 Å². The molecule has 0 spiro atoms. The van der Waals surface area contributed by atoms with E-state index in [1.807, 2.05) is 13.0 Å². The lowest BCUT2D eigenvalue weighted by atomic mass is 10.2. The van der Waals surface area contributed by atoms with E-state index in [-0.39, 0.29) is 0 Å². The zero-order chi connectivity index (χ0) is 7.56. The molecule has 0 radical (unpaired) electrons. The van der Waals surface area contributed by atoms with Gasteiger partial charge in [0.15, 0.2) is 0 Å². The van der Waals surface area contributed by atoms with E-state index in [0.29, 0.717) is 5.92 Å². The maximum atomic E-state index is 3.98. The Bertz CT molecular complexity index is 229. The quantitative estimate of drug-likeness (QED) is 0.610. The van der Waals surface area contributed by atoms with E-state index in [2.05, 4.69) is 23.7 Å². The summed E-state index contributed by atoms with van der Waals surface area (Å²) in [6, 6.07) is 0. The number of aromatic nitrogens is 2. The normalized spacial score (nSPS) is 13.0. The van der Waals surface area contributed by atoms with E-state index in [0.717, 1.165) is 10.0 Å². The summed E-state index contributed by atoms with van der Waals surface area (Å²) >= 11 is 1.63.